The van der Waals surface area contributed by atoms with Crippen molar-refractivity contribution in [3.05, 3.63) is 75.3 Å². The summed E-state index contributed by atoms with van der Waals surface area (Å²) in [5, 5.41) is 12.8. The number of carboxylic acids is 1. The molecular weight excluding hydrogens is 423 g/mol. The van der Waals surface area contributed by atoms with E-state index < -0.39 is 23.8 Å². The van der Waals surface area contributed by atoms with Gasteiger partial charge in [-0.15, -0.1) is 0 Å². The molecule has 2 N–H and O–H groups in total. The van der Waals surface area contributed by atoms with E-state index in [0.717, 1.165) is 17.7 Å². The molecule has 4 rings (SSSR count). The summed E-state index contributed by atoms with van der Waals surface area (Å²) in [5.74, 6) is -1.10. The van der Waals surface area contributed by atoms with Crippen molar-refractivity contribution < 1.29 is 23.1 Å². The first-order valence-electron chi connectivity index (χ1n) is 8.43. The Bertz CT molecular complexity index is 955. The van der Waals surface area contributed by atoms with Gasteiger partial charge in [-0.1, -0.05) is 40.2 Å². The van der Waals surface area contributed by atoms with E-state index in [0.29, 0.717) is 22.1 Å². The first-order valence-corrected chi connectivity index (χ1v) is 9.22. The Morgan fingerprint density at radius 1 is 1.22 bits per heavy atom. The second-order valence-corrected chi connectivity index (χ2v) is 7.74. The molecule has 0 saturated heterocycles. The fraction of sp³-hybridized carbons (Fsp3) is 0.250. The van der Waals surface area contributed by atoms with E-state index in [9.17, 15) is 23.1 Å². The van der Waals surface area contributed by atoms with Crippen LogP contribution >= 0.6 is 15.9 Å². The lowest BCUT2D eigenvalue weighted by Crippen LogP contribution is -2.30. The van der Waals surface area contributed by atoms with Gasteiger partial charge in [0.2, 0.25) is 0 Å². The molecule has 0 aromatic heterocycles. The monoisotopic (exact) mass is 437 g/mol. The van der Waals surface area contributed by atoms with Gasteiger partial charge in [-0.3, -0.25) is 0 Å². The minimum atomic E-state index is -4.42. The van der Waals surface area contributed by atoms with Crippen molar-refractivity contribution in [2.45, 2.75) is 24.6 Å². The van der Waals surface area contributed by atoms with E-state index in [1.165, 1.54) is 12.1 Å². The lowest BCUT2D eigenvalue weighted by Gasteiger charge is -2.38. The fourth-order valence-corrected chi connectivity index (χ4v) is 4.55. The summed E-state index contributed by atoms with van der Waals surface area (Å²) in [6.45, 7) is 0. The molecule has 2 aromatic carbocycles. The van der Waals surface area contributed by atoms with Gasteiger partial charge in [0.05, 0.1) is 22.9 Å². The lowest BCUT2D eigenvalue weighted by molar-refractivity contribution is -0.137. The topological polar surface area (TPSA) is 49.3 Å². The van der Waals surface area contributed by atoms with E-state index in [4.69, 9.17) is 0 Å². The number of allylic oxidation sites excluding steroid dienone is 2. The highest BCUT2D eigenvalue weighted by Gasteiger charge is 2.40. The molecule has 140 valence electrons. The van der Waals surface area contributed by atoms with Crippen LogP contribution in [-0.2, 0) is 6.18 Å². The third kappa shape index (κ3) is 3.14. The van der Waals surface area contributed by atoms with E-state index in [2.05, 4.69) is 21.2 Å². The van der Waals surface area contributed by atoms with Crippen LogP contribution in [0.1, 0.15) is 45.4 Å². The van der Waals surface area contributed by atoms with Crippen molar-refractivity contribution >= 4 is 27.6 Å². The summed E-state index contributed by atoms with van der Waals surface area (Å²) in [6.07, 6.45) is 0.316. The smallest absolute Gasteiger partial charge is 0.416 e. The Labute approximate surface area is 162 Å². The van der Waals surface area contributed by atoms with Gasteiger partial charge in [-0.05, 0) is 47.7 Å². The predicted molar refractivity (Wildman–Crippen MR) is 98.9 cm³/mol. The van der Waals surface area contributed by atoms with Crippen LogP contribution in [0.4, 0.5) is 18.9 Å². The molecule has 7 heteroatoms. The Kier molecular flexibility index (Phi) is 4.29. The van der Waals surface area contributed by atoms with Crippen LogP contribution in [0.15, 0.2) is 53.0 Å². The summed E-state index contributed by atoms with van der Waals surface area (Å²) in [4.78, 5) is 11.7. The molecule has 0 unspecified atom stereocenters. The second kappa shape index (κ2) is 6.41. The Balaban J connectivity index is 1.84. The van der Waals surface area contributed by atoms with Gasteiger partial charge in [0, 0.05) is 10.4 Å². The van der Waals surface area contributed by atoms with E-state index in [1.807, 2.05) is 18.2 Å². The van der Waals surface area contributed by atoms with E-state index in [-0.39, 0.29) is 17.4 Å². The molecule has 0 fully saturated rings. The highest BCUT2D eigenvalue weighted by Crippen LogP contribution is 2.51. The number of rotatable bonds is 2. The molecule has 3 nitrogen and oxygen atoms in total. The largest absolute Gasteiger partial charge is 0.478 e. The minimum absolute atomic E-state index is 0.0249. The van der Waals surface area contributed by atoms with Crippen molar-refractivity contribution in [3.63, 3.8) is 0 Å². The summed E-state index contributed by atoms with van der Waals surface area (Å²) in [7, 11) is 0. The summed E-state index contributed by atoms with van der Waals surface area (Å²) in [5.41, 5.74) is 1.23. The number of halogens is 4. The highest BCUT2D eigenvalue weighted by atomic mass is 79.9. The molecule has 0 radical (unpaired) electrons. The van der Waals surface area contributed by atoms with Gasteiger partial charge in [0.15, 0.2) is 0 Å². The van der Waals surface area contributed by atoms with Crippen molar-refractivity contribution in [2.75, 3.05) is 5.32 Å². The van der Waals surface area contributed by atoms with Gasteiger partial charge in [-0.2, -0.15) is 13.2 Å². The zero-order chi connectivity index (χ0) is 19.3. The van der Waals surface area contributed by atoms with Crippen molar-refractivity contribution in [3.8, 4) is 0 Å². The van der Waals surface area contributed by atoms with Gasteiger partial charge >= 0.3 is 12.1 Å². The lowest BCUT2D eigenvalue weighted by atomic mass is 9.76. The van der Waals surface area contributed by atoms with Crippen molar-refractivity contribution in [2.24, 2.45) is 5.92 Å². The number of alkyl halides is 3. The maximum atomic E-state index is 13.1. The van der Waals surface area contributed by atoms with Crippen LogP contribution in [0.3, 0.4) is 0 Å². The van der Waals surface area contributed by atoms with Gasteiger partial charge in [0.1, 0.15) is 0 Å². The van der Waals surface area contributed by atoms with E-state index >= 15 is 0 Å². The number of nitrogens with one attached hydrogen (secondary N) is 1. The molecule has 3 atom stereocenters. The van der Waals surface area contributed by atoms with Gasteiger partial charge in [-0.25, -0.2) is 4.79 Å². The summed E-state index contributed by atoms with van der Waals surface area (Å²) >= 11 is 3.36. The van der Waals surface area contributed by atoms with Crippen LogP contribution in [0.5, 0.6) is 0 Å². The SMILES string of the molecule is O=C(O)c1cc(Br)cc2c1N[C@@H](c1cccc(C(F)(F)F)c1)[C@H]1CC=C[C@@H]21. The third-order valence-corrected chi connectivity index (χ3v) is 5.69. The maximum absolute atomic E-state index is 13.1. The molecule has 2 aromatic rings. The Hall–Kier alpha value is -2.28. The first kappa shape index (κ1) is 18.1. The first-order chi connectivity index (χ1) is 12.8. The molecule has 1 heterocycles. The van der Waals surface area contributed by atoms with Crippen LogP contribution in [-0.4, -0.2) is 11.1 Å². The Morgan fingerprint density at radius 3 is 2.70 bits per heavy atom. The van der Waals surface area contributed by atoms with Crippen molar-refractivity contribution in [1.82, 2.24) is 0 Å². The summed E-state index contributed by atoms with van der Waals surface area (Å²) < 4.78 is 40.1. The van der Waals surface area contributed by atoms with Crippen molar-refractivity contribution in [1.29, 1.82) is 0 Å². The number of hydrogen-bond donors (Lipinski definition) is 2. The Morgan fingerprint density at radius 2 is 2.00 bits per heavy atom. The summed E-state index contributed by atoms with van der Waals surface area (Å²) in [6, 6.07) is 8.24. The number of carboxylic acid groups (broad SMARTS) is 1. The normalized spacial score (nSPS) is 23.5. The molecular formula is C20H15BrF3NO2. The minimum Gasteiger partial charge on any atom is -0.478 e. The molecule has 0 amide bonds. The number of fused-ring (bicyclic) bond motifs is 3. The average molecular weight is 438 g/mol. The van der Waals surface area contributed by atoms with Crippen LogP contribution < -0.4 is 5.32 Å². The maximum Gasteiger partial charge on any atom is 0.416 e. The number of carbonyl (C=O) groups is 1. The molecule has 2 aliphatic rings. The quantitative estimate of drug-likeness (QED) is 0.567. The molecule has 1 aliphatic carbocycles. The second-order valence-electron chi connectivity index (χ2n) is 6.82. The average Bonchev–Trinajstić information content (AvgIpc) is 3.10. The zero-order valence-electron chi connectivity index (χ0n) is 13.9. The van der Waals surface area contributed by atoms with Gasteiger partial charge in [0.25, 0.3) is 0 Å². The number of hydrogen-bond acceptors (Lipinski definition) is 2. The number of anilines is 1. The molecule has 0 bridgehead atoms. The predicted octanol–water partition coefficient (Wildman–Crippen LogP) is 5.99. The zero-order valence-corrected chi connectivity index (χ0v) is 15.5. The van der Waals surface area contributed by atoms with E-state index in [1.54, 1.807) is 6.07 Å². The van der Waals surface area contributed by atoms with Gasteiger partial charge < -0.3 is 10.4 Å². The molecule has 0 saturated carbocycles. The number of benzene rings is 2. The molecule has 1 aliphatic heterocycles. The molecule has 0 spiro atoms. The standard InChI is InChI=1S/C20H15BrF3NO2/c21-12-8-15-13-5-2-6-14(13)17(25-18(15)16(9-12)19(26)27)10-3-1-4-11(7-10)20(22,23)24/h1-5,7-9,13-14,17,25H,6H2,(H,26,27)/t13-,14+,17+/m1/s1. The number of aromatic carboxylic acids is 1. The fourth-order valence-electron chi connectivity index (χ4n) is 4.07. The van der Waals surface area contributed by atoms with Crippen LogP contribution in [0.25, 0.3) is 0 Å². The highest BCUT2D eigenvalue weighted by molar-refractivity contribution is 9.10. The van der Waals surface area contributed by atoms with Crippen LogP contribution in [0, 0.1) is 5.92 Å². The van der Waals surface area contributed by atoms with Crippen LogP contribution in [0.2, 0.25) is 0 Å². The molecule has 27 heavy (non-hydrogen) atoms. The third-order valence-electron chi connectivity index (χ3n) is 5.24.